The first-order valence-electron chi connectivity index (χ1n) is 6.29. The molecule has 0 aromatic carbocycles. The molecule has 0 aromatic heterocycles. The third-order valence-corrected chi connectivity index (χ3v) is 4.71. The van der Waals surface area contributed by atoms with Gasteiger partial charge in [0, 0.05) is 11.5 Å². The Hall–Kier alpha value is -1.85. The van der Waals surface area contributed by atoms with Gasteiger partial charge in [-0.2, -0.15) is 0 Å². The molecule has 2 N–H and O–H groups in total. The summed E-state index contributed by atoms with van der Waals surface area (Å²) in [7, 11) is 0. The van der Waals surface area contributed by atoms with Crippen LogP contribution in [0.15, 0.2) is 12.2 Å². The highest BCUT2D eigenvalue weighted by Crippen LogP contribution is 2.61. The molecule has 0 aromatic rings. The molecule has 2 aliphatic carbocycles. The second kappa shape index (κ2) is 3.59. The Morgan fingerprint density at radius 3 is 2.79 bits per heavy atom. The molecule has 6 nitrogen and oxygen atoms in total. The second-order valence-corrected chi connectivity index (χ2v) is 5.73. The van der Waals surface area contributed by atoms with Crippen molar-refractivity contribution in [3.63, 3.8) is 0 Å². The predicted molar refractivity (Wildman–Crippen MR) is 62.9 cm³/mol. The van der Waals surface area contributed by atoms with E-state index in [0.717, 1.165) is 0 Å². The average Bonchev–Trinajstić information content (AvgIpc) is 2.90. The van der Waals surface area contributed by atoms with E-state index >= 15 is 0 Å². The third kappa shape index (κ3) is 1.34. The van der Waals surface area contributed by atoms with Crippen LogP contribution in [0.2, 0.25) is 0 Å². The van der Waals surface area contributed by atoms with Crippen LogP contribution in [-0.2, 0) is 19.1 Å². The number of rotatable bonds is 3. The first kappa shape index (κ1) is 12.2. The quantitative estimate of drug-likeness (QED) is 0.428. The van der Waals surface area contributed by atoms with E-state index in [-0.39, 0.29) is 30.2 Å². The van der Waals surface area contributed by atoms with Crippen LogP contribution < -0.4 is 5.32 Å². The summed E-state index contributed by atoms with van der Waals surface area (Å²) in [4.78, 5) is 35.0. The van der Waals surface area contributed by atoms with Gasteiger partial charge in [-0.1, -0.05) is 6.58 Å². The molecule has 1 saturated heterocycles. The van der Waals surface area contributed by atoms with Crippen molar-refractivity contribution >= 4 is 17.8 Å². The molecule has 3 rings (SSSR count). The van der Waals surface area contributed by atoms with Gasteiger partial charge in [-0.05, 0) is 25.7 Å². The Labute approximate surface area is 109 Å². The molecule has 3 aliphatic rings. The normalized spacial score (nSPS) is 42.1. The van der Waals surface area contributed by atoms with E-state index in [1.54, 1.807) is 6.92 Å². The Bertz CT molecular complexity index is 513. The molecule has 19 heavy (non-hydrogen) atoms. The maximum atomic E-state index is 11.9. The topological polar surface area (TPSA) is 92.7 Å². The minimum absolute atomic E-state index is 0.0131. The van der Waals surface area contributed by atoms with E-state index in [1.807, 2.05) is 0 Å². The first-order chi connectivity index (χ1) is 8.87. The molecule has 3 fully saturated rings. The van der Waals surface area contributed by atoms with E-state index in [4.69, 9.17) is 4.74 Å². The molecule has 0 spiro atoms. The van der Waals surface area contributed by atoms with Gasteiger partial charge in [0.1, 0.15) is 6.10 Å². The largest absolute Gasteiger partial charge is 0.480 e. The van der Waals surface area contributed by atoms with Crippen LogP contribution >= 0.6 is 0 Å². The first-order valence-corrected chi connectivity index (χ1v) is 6.29. The fourth-order valence-corrected chi connectivity index (χ4v) is 3.81. The number of carboxylic acids is 1. The van der Waals surface area contributed by atoms with Crippen LogP contribution in [0.25, 0.3) is 0 Å². The lowest BCUT2D eigenvalue weighted by atomic mass is 9.73. The number of nitrogens with one attached hydrogen (secondary N) is 1. The van der Waals surface area contributed by atoms with Gasteiger partial charge >= 0.3 is 11.9 Å². The van der Waals surface area contributed by atoms with Crippen molar-refractivity contribution in [1.82, 2.24) is 5.32 Å². The van der Waals surface area contributed by atoms with E-state index in [1.165, 1.54) is 0 Å². The van der Waals surface area contributed by atoms with Crippen LogP contribution in [-0.4, -0.2) is 35.1 Å². The van der Waals surface area contributed by atoms with Crippen LogP contribution in [0.1, 0.15) is 19.8 Å². The Morgan fingerprint density at radius 2 is 2.21 bits per heavy atom. The average molecular weight is 265 g/mol. The van der Waals surface area contributed by atoms with Crippen LogP contribution in [0, 0.1) is 17.3 Å². The number of ether oxygens (including phenoxy) is 1. The summed E-state index contributed by atoms with van der Waals surface area (Å²) in [6.45, 7) is 5.17. The highest BCUT2D eigenvalue weighted by Gasteiger charge is 2.74. The van der Waals surface area contributed by atoms with E-state index < -0.39 is 23.5 Å². The summed E-state index contributed by atoms with van der Waals surface area (Å²) in [5, 5.41) is 12.1. The SMILES string of the molecule is C=C(C)C(=O)NC1C2CC3C1OC(=O)C3(C(=O)O)C2. The highest BCUT2D eigenvalue weighted by atomic mass is 16.6. The second-order valence-electron chi connectivity index (χ2n) is 5.73. The van der Waals surface area contributed by atoms with Crippen molar-refractivity contribution in [2.75, 3.05) is 0 Å². The van der Waals surface area contributed by atoms with Crippen LogP contribution in [0.4, 0.5) is 0 Å². The van der Waals surface area contributed by atoms with Gasteiger partial charge in [0.25, 0.3) is 0 Å². The van der Waals surface area contributed by atoms with Gasteiger partial charge in [0.2, 0.25) is 5.91 Å². The van der Waals surface area contributed by atoms with E-state index in [2.05, 4.69) is 11.9 Å². The van der Waals surface area contributed by atoms with Crippen molar-refractivity contribution in [2.24, 2.45) is 17.3 Å². The number of esters is 1. The smallest absolute Gasteiger partial charge is 0.324 e. The molecular formula is C13H15NO5. The minimum Gasteiger partial charge on any atom is -0.480 e. The maximum Gasteiger partial charge on any atom is 0.324 e. The van der Waals surface area contributed by atoms with Gasteiger partial charge in [-0.15, -0.1) is 0 Å². The lowest BCUT2D eigenvalue weighted by Gasteiger charge is -2.29. The maximum absolute atomic E-state index is 11.9. The molecule has 1 heterocycles. The summed E-state index contributed by atoms with van der Waals surface area (Å²) < 4.78 is 5.23. The Balaban J connectivity index is 1.87. The fourth-order valence-electron chi connectivity index (χ4n) is 3.81. The zero-order valence-corrected chi connectivity index (χ0v) is 10.5. The molecule has 6 heteroatoms. The number of carbonyl (C=O) groups excluding carboxylic acids is 2. The van der Waals surface area contributed by atoms with Crippen molar-refractivity contribution in [3.05, 3.63) is 12.2 Å². The molecule has 102 valence electrons. The summed E-state index contributed by atoms with van der Waals surface area (Å²) in [5.74, 6) is -2.36. The van der Waals surface area contributed by atoms with Crippen LogP contribution in [0.3, 0.4) is 0 Å². The summed E-state index contributed by atoms with van der Waals surface area (Å²) >= 11 is 0. The van der Waals surface area contributed by atoms with Crippen molar-refractivity contribution in [2.45, 2.75) is 31.9 Å². The molecular weight excluding hydrogens is 250 g/mol. The van der Waals surface area contributed by atoms with E-state index in [0.29, 0.717) is 12.0 Å². The highest BCUT2D eigenvalue weighted by molar-refractivity contribution is 6.02. The lowest BCUT2D eigenvalue weighted by Crippen LogP contribution is -2.50. The molecule has 2 saturated carbocycles. The summed E-state index contributed by atoms with van der Waals surface area (Å²) in [5.41, 5.74) is -0.989. The molecule has 0 radical (unpaired) electrons. The van der Waals surface area contributed by atoms with Gasteiger partial charge in [-0.25, -0.2) is 0 Å². The number of fused-ring (bicyclic) bond motifs is 1. The molecule has 2 bridgehead atoms. The van der Waals surface area contributed by atoms with Gasteiger partial charge in [0.15, 0.2) is 5.41 Å². The Morgan fingerprint density at radius 1 is 1.53 bits per heavy atom. The molecule has 1 aliphatic heterocycles. The zero-order valence-electron chi connectivity index (χ0n) is 10.5. The molecule has 1 amide bonds. The number of amides is 1. The van der Waals surface area contributed by atoms with Gasteiger partial charge < -0.3 is 15.2 Å². The summed E-state index contributed by atoms with van der Waals surface area (Å²) in [6.07, 6.45) is 0.360. The summed E-state index contributed by atoms with van der Waals surface area (Å²) in [6, 6.07) is -0.284. The van der Waals surface area contributed by atoms with Gasteiger partial charge in [0.05, 0.1) is 6.04 Å². The minimum atomic E-state index is -1.38. The number of carboxylic acid groups (broad SMARTS) is 1. The fraction of sp³-hybridized carbons (Fsp3) is 0.615. The van der Waals surface area contributed by atoms with Crippen molar-refractivity contribution < 1.29 is 24.2 Å². The Kier molecular flexibility index (Phi) is 2.30. The number of aliphatic carboxylic acids is 1. The number of hydrogen-bond acceptors (Lipinski definition) is 4. The third-order valence-electron chi connectivity index (χ3n) is 4.71. The zero-order chi connectivity index (χ0) is 13.9. The van der Waals surface area contributed by atoms with E-state index in [9.17, 15) is 19.5 Å². The van der Waals surface area contributed by atoms with Crippen molar-refractivity contribution in [1.29, 1.82) is 0 Å². The number of hydrogen-bond donors (Lipinski definition) is 2. The predicted octanol–water partition coefficient (Wildman–Crippen LogP) is 0.0835. The van der Waals surface area contributed by atoms with Gasteiger partial charge in [-0.3, -0.25) is 14.4 Å². The standard InChI is InChI=1S/C13H15NO5/c1-5(2)10(15)14-8-6-3-7-9(8)19-12(18)13(7,4-6)11(16)17/h6-9H,1,3-4H2,2H3,(H,14,15)(H,16,17). The molecule has 5 unspecified atom stereocenters. The van der Waals surface area contributed by atoms with Crippen molar-refractivity contribution in [3.8, 4) is 0 Å². The van der Waals surface area contributed by atoms with Crippen LogP contribution in [0.5, 0.6) is 0 Å². The number of carbonyl (C=O) groups is 3. The molecule has 5 atom stereocenters. The monoisotopic (exact) mass is 265 g/mol. The lowest BCUT2D eigenvalue weighted by molar-refractivity contribution is -0.161.